The van der Waals surface area contributed by atoms with Crippen molar-refractivity contribution in [3.05, 3.63) is 0 Å². The monoisotopic (exact) mass is 318 g/mol. The molecule has 0 saturated heterocycles. The van der Waals surface area contributed by atoms with E-state index in [1.54, 1.807) is 0 Å². The summed E-state index contributed by atoms with van der Waals surface area (Å²) in [6.07, 6.45) is 2.72. The van der Waals surface area contributed by atoms with E-state index in [0.29, 0.717) is 25.7 Å². The first kappa shape index (κ1) is 22.6. The van der Waals surface area contributed by atoms with E-state index in [0.717, 1.165) is 0 Å². The molecule has 0 aromatic heterocycles. The van der Waals surface area contributed by atoms with E-state index in [1.165, 1.54) is 0 Å². The van der Waals surface area contributed by atoms with Crippen LogP contribution in [0.3, 0.4) is 0 Å². The van der Waals surface area contributed by atoms with E-state index < -0.39 is 11.9 Å². The molecule has 0 aliphatic heterocycles. The summed E-state index contributed by atoms with van der Waals surface area (Å²) in [5.74, 6) is -2.32. The molecule has 0 aromatic carbocycles. The van der Waals surface area contributed by atoms with Crippen LogP contribution in [0, 0.1) is 11.8 Å². The summed E-state index contributed by atoms with van der Waals surface area (Å²) < 4.78 is 0. The van der Waals surface area contributed by atoms with Crippen LogP contribution in [0.1, 0.15) is 53.4 Å². The van der Waals surface area contributed by atoms with Crippen molar-refractivity contribution < 1.29 is 19.8 Å². The zero-order valence-corrected chi connectivity index (χ0v) is 14.8. The average Bonchev–Trinajstić information content (AvgIpc) is 2.21. The maximum absolute atomic E-state index is 10.1. The number of hydrogen-bond acceptors (Lipinski definition) is 4. The Bertz CT molecular complexity index is 177. The van der Waals surface area contributed by atoms with Gasteiger partial charge in [0.25, 0.3) is 0 Å². The third kappa shape index (κ3) is 12.7. The normalized spacial score (nSPS) is 9.29. The van der Waals surface area contributed by atoms with E-state index in [1.807, 2.05) is 27.7 Å². The minimum absolute atomic E-state index is 0. The minimum Gasteiger partial charge on any atom is -0.550 e. The van der Waals surface area contributed by atoms with Crippen molar-refractivity contribution in [3.8, 4) is 0 Å². The van der Waals surface area contributed by atoms with Gasteiger partial charge in [-0.2, -0.15) is 0 Å². The van der Waals surface area contributed by atoms with Crippen molar-refractivity contribution >= 4 is 57.4 Å². The maximum Gasteiger partial charge on any atom is 2.00 e. The number of carboxylic acid groups (broad SMARTS) is 2. The van der Waals surface area contributed by atoms with Crippen LogP contribution in [0.4, 0.5) is 0 Å². The van der Waals surface area contributed by atoms with Gasteiger partial charge in [-0.1, -0.05) is 27.7 Å². The van der Waals surface area contributed by atoms with Gasteiger partial charge < -0.3 is 19.8 Å². The Hall–Kier alpha value is 0.421. The van der Waals surface area contributed by atoms with E-state index in [-0.39, 0.29) is 57.3 Å². The molecule has 0 spiro atoms. The molecule has 0 bridgehead atoms. The molecule has 0 rings (SSSR count). The topological polar surface area (TPSA) is 80.3 Å². The van der Waals surface area contributed by atoms with Crippen molar-refractivity contribution in [3.63, 3.8) is 0 Å². The van der Waals surface area contributed by atoms with Crippen LogP contribution in [-0.4, -0.2) is 57.4 Å². The molecule has 0 unspecified atom stereocenters. The summed E-state index contributed by atoms with van der Waals surface area (Å²) in [7, 11) is 0. The molecule has 0 aliphatic rings. The van der Waals surface area contributed by atoms with Gasteiger partial charge in [0, 0.05) is 11.9 Å². The molecule has 0 atom stereocenters. The number of rotatable bonds is 6. The van der Waals surface area contributed by atoms with Gasteiger partial charge in [0.2, 0.25) is 0 Å². The molecule has 0 saturated carbocycles. The van der Waals surface area contributed by atoms with Gasteiger partial charge in [-0.15, -0.1) is 0 Å². The van der Waals surface area contributed by atoms with Crippen molar-refractivity contribution in [2.45, 2.75) is 53.4 Å². The van der Waals surface area contributed by atoms with Crippen LogP contribution in [0.15, 0.2) is 0 Å². The second-order valence-electron chi connectivity index (χ2n) is 3.66. The summed E-state index contributed by atoms with van der Waals surface area (Å²) in [4.78, 5) is 20.1. The third-order valence-corrected chi connectivity index (χ3v) is 2.64. The number of carboxylic acids is 2. The van der Waals surface area contributed by atoms with Gasteiger partial charge in [-0.25, -0.2) is 0 Å². The first-order valence-electron chi connectivity index (χ1n) is 5.86. The number of aliphatic carboxylic acids is 2. The Morgan fingerprint density at radius 1 is 0.765 bits per heavy atom. The molecule has 0 amide bonds. The zero-order chi connectivity index (χ0) is 13.1. The zero-order valence-electron chi connectivity index (χ0n) is 11.3. The second-order valence-corrected chi connectivity index (χ2v) is 3.66. The Balaban J connectivity index is -0.000000218. The van der Waals surface area contributed by atoms with E-state index in [4.69, 9.17) is 0 Å². The van der Waals surface area contributed by atoms with Gasteiger partial charge in [0.05, 0.1) is 0 Å². The number of carbonyl (C=O) groups excluding carboxylic acids is 2. The van der Waals surface area contributed by atoms with Crippen LogP contribution < -0.4 is 10.2 Å². The fourth-order valence-electron chi connectivity index (χ4n) is 1.24. The van der Waals surface area contributed by atoms with Crippen LogP contribution in [0.25, 0.3) is 0 Å². The first-order valence-corrected chi connectivity index (χ1v) is 5.86. The van der Waals surface area contributed by atoms with Gasteiger partial charge in [-0.05, 0) is 37.5 Å². The molecule has 0 N–H and O–H groups in total. The fraction of sp³-hybridized carbons (Fsp3) is 0.833. The Morgan fingerprint density at radius 3 is 0.941 bits per heavy atom. The summed E-state index contributed by atoms with van der Waals surface area (Å²) in [6, 6.07) is 0. The van der Waals surface area contributed by atoms with Gasteiger partial charge in [0.1, 0.15) is 0 Å². The molecule has 0 fully saturated rings. The standard InChI is InChI=1S/2C6H12O2.Sr/c2*1-3-5(4-2)6(7)8;/h2*5H,3-4H2,1-2H3,(H,7,8);/q;;+2/p-2. The summed E-state index contributed by atoms with van der Waals surface area (Å²) in [5, 5.41) is 20.1. The van der Waals surface area contributed by atoms with Crippen LogP contribution in [0.5, 0.6) is 0 Å². The van der Waals surface area contributed by atoms with Gasteiger partial charge in [0.15, 0.2) is 0 Å². The molecule has 0 heterocycles. The molecular weight excluding hydrogens is 296 g/mol. The van der Waals surface area contributed by atoms with E-state index in [9.17, 15) is 19.8 Å². The van der Waals surface area contributed by atoms with Crippen LogP contribution >= 0.6 is 0 Å². The van der Waals surface area contributed by atoms with Crippen molar-refractivity contribution in [1.82, 2.24) is 0 Å². The molecule has 0 aliphatic carbocycles. The predicted octanol–water partition coefficient (Wildman–Crippen LogP) is -0.0358. The third-order valence-electron chi connectivity index (χ3n) is 2.64. The summed E-state index contributed by atoms with van der Waals surface area (Å²) in [5.41, 5.74) is 0. The number of hydrogen-bond donors (Lipinski definition) is 0. The van der Waals surface area contributed by atoms with Gasteiger partial charge >= 0.3 is 45.5 Å². The summed E-state index contributed by atoms with van der Waals surface area (Å²) in [6.45, 7) is 7.40. The smallest absolute Gasteiger partial charge is 0.550 e. The minimum atomic E-state index is -0.921. The quantitative estimate of drug-likeness (QED) is 0.644. The van der Waals surface area contributed by atoms with Crippen LogP contribution in [-0.2, 0) is 9.59 Å². The molecule has 0 aromatic rings. The fourth-order valence-corrected chi connectivity index (χ4v) is 1.24. The molecule has 0 radical (unpaired) electrons. The molecular formula is C12H22O4Sr. The van der Waals surface area contributed by atoms with Crippen molar-refractivity contribution in [2.24, 2.45) is 11.8 Å². The van der Waals surface area contributed by atoms with Gasteiger partial charge in [-0.3, -0.25) is 0 Å². The average molecular weight is 318 g/mol. The predicted molar refractivity (Wildman–Crippen MR) is 63.9 cm³/mol. The number of carbonyl (C=O) groups is 2. The van der Waals surface area contributed by atoms with E-state index >= 15 is 0 Å². The molecule has 4 nitrogen and oxygen atoms in total. The Morgan fingerprint density at radius 2 is 0.941 bits per heavy atom. The Kier molecular flexibility index (Phi) is 19.2. The van der Waals surface area contributed by atoms with E-state index in [2.05, 4.69) is 0 Å². The first-order chi connectivity index (χ1) is 7.44. The largest absolute Gasteiger partial charge is 2.00 e. The van der Waals surface area contributed by atoms with Crippen molar-refractivity contribution in [1.29, 1.82) is 0 Å². The SMILES string of the molecule is CCC(CC)C(=O)[O-].CCC(CC)C(=O)[O-].[Sr+2]. The van der Waals surface area contributed by atoms with Crippen molar-refractivity contribution in [2.75, 3.05) is 0 Å². The van der Waals surface area contributed by atoms with Crippen LogP contribution in [0.2, 0.25) is 0 Å². The summed E-state index contributed by atoms with van der Waals surface area (Å²) >= 11 is 0. The molecule has 17 heavy (non-hydrogen) atoms. The molecule has 5 heteroatoms. The maximum atomic E-state index is 10.1. The second kappa shape index (κ2) is 14.5. The Labute approximate surface area is 141 Å². The molecule has 96 valence electrons.